The number of aryl methyl sites for hydroxylation is 2. The molecule has 1 aliphatic heterocycles. The van der Waals surface area contributed by atoms with Gasteiger partial charge in [-0.05, 0) is 38.7 Å². The fourth-order valence-corrected chi connectivity index (χ4v) is 2.75. The molecule has 1 unspecified atom stereocenters. The molecule has 1 aromatic carbocycles. The molecule has 1 heterocycles. The molecule has 0 spiro atoms. The minimum absolute atomic E-state index is 0.0122. The standard InChI is InChI=1S/C16H22N2O3/c1-11-3-5-13(6-4-11)7-8-14-9-10-18(16(14)20)12(2)15(19)17-21/h3-6,12,14,21H,7-10H2,1-2H3,(H,17,19)/t12-,14?/m1/s1. The van der Waals surface area contributed by atoms with Gasteiger partial charge in [0.05, 0.1) is 0 Å². The molecule has 0 aliphatic carbocycles. The lowest BCUT2D eigenvalue weighted by Gasteiger charge is -2.22. The van der Waals surface area contributed by atoms with Crippen molar-refractivity contribution < 1.29 is 14.8 Å². The Hall–Kier alpha value is -1.88. The minimum atomic E-state index is -0.619. The Kier molecular flexibility index (Phi) is 4.96. The minimum Gasteiger partial charge on any atom is -0.331 e. The predicted octanol–water partition coefficient (Wildman–Crippen LogP) is 1.67. The van der Waals surface area contributed by atoms with Gasteiger partial charge in [-0.2, -0.15) is 0 Å². The van der Waals surface area contributed by atoms with Crippen molar-refractivity contribution in [3.63, 3.8) is 0 Å². The van der Waals surface area contributed by atoms with E-state index in [-0.39, 0.29) is 11.8 Å². The van der Waals surface area contributed by atoms with Gasteiger partial charge in [0.1, 0.15) is 6.04 Å². The number of carbonyl (C=O) groups is 2. The number of hydroxylamine groups is 1. The van der Waals surface area contributed by atoms with Crippen molar-refractivity contribution in [1.29, 1.82) is 0 Å². The van der Waals surface area contributed by atoms with Crippen LogP contribution in [0.15, 0.2) is 24.3 Å². The number of nitrogens with zero attached hydrogens (tertiary/aromatic N) is 1. The summed E-state index contributed by atoms with van der Waals surface area (Å²) >= 11 is 0. The van der Waals surface area contributed by atoms with Crippen LogP contribution in [0.1, 0.15) is 30.9 Å². The van der Waals surface area contributed by atoms with Gasteiger partial charge in [0, 0.05) is 12.5 Å². The molecule has 1 saturated heterocycles. The van der Waals surface area contributed by atoms with Crippen LogP contribution in [0.2, 0.25) is 0 Å². The van der Waals surface area contributed by atoms with Crippen LogP contribution in [0, 0.1) is 12.8 Å². The van der Waals surface area contributed by atoms with Crippen LogP contribution in [0.5, 0.6) is 0 Å². The van der Waals surface area contributed by atoms with E-state index in [0.717, 1.165) is 19.3 Å². The fourth-order valence-electron chi connectivity index (χ4n) is 2.75. The molecule has 0 saturated carbocycles. The topological polar surface area (TPSA) is 69.6 Å². The van der Waals surface area contributed by atoms with E-state index in [1.165, 1.54) is 11.1 Å². The summed E-state index contributed by atoms with van der Waals surface area (Å²) in [6, 6.07) is 7.71. The second kappa shape index (κ2) is 6.72. The summed E-state index contributed by atoms with van der Waals surface area (Å²) in [4.78, 5) is 25.3. The monoisotopic (exact) mass is 290 g/mol. The Morgan fingerprint density at radius 1 is 1.43 bits per heavy atom. The van der Waals surface area contributed by atoms with Crippen molar-refractivity contribution in [3.8, 4) is 0 Å². The quantitative estimate of drug-likeness (QED) is 0.640. The average molecular weight is 290 g/mol. The molecule has 1 fully saturated rings. The second-order valence-corrected chi connectivity index (χ2v) is 5.69. The lowest BCUT2D eigenvalue weighted by atomic mass is 9.98. The lowest BCUT2D eigenvalue weighted by molar-refractivity contribution is -0.142. The maximum absolute atomic E-state index is 12.3. The molecule has 114 valence electrons. The molecule has 0 radical (unpaired) electrons. The van der Waals surface area contributed by atoms with Gasteiger partial charge in [0.2, 0.25) is 5.91 Å². The summed E-state index contributed by atoms with van der Waals surface area (Å²) in [5.41, 5.74) is 4.06. The SMILES string of the molecule is Cc1ccc(CCC2CCN([C@H](C)C(=O)NO)C2=O)cc1. The first-order valence-electron chi connectivity index (χ1n) is 7.33. The van der Waals surface area contributed by atoms with Gasteiger partial charge in [0.25, 0.3) is 5.91 Å². The number of hydrogen-bond acceptors (Lipinski definition) is 3. The highest BCUT2D eigenvalue weighted by Crippen LogP contribution is 2.25. The molecular weight excluding hydrogens is 268 g/mol. The van der Waals surface area contributed by atoms with Crippen LogP contribution in [0.25, 0.3) is 0 Å². The fraction of sp³-hybridized carbons (Fsp3) is 0.500. The van der Waals surface area contributed by atoms with Crippen molar-refractivity contribution in [2.45, 2.75) is 39.2 Å². The van der Waals surface area contributed by atoms with Crippen LogP contribution in [0.4, 0.5) is 0 Å². The Morgan fingerprint density at radius 2 is 2.10 bits per heavy atom. The van der Waals surface area contributed by atoms with E-state index in [4.69, 9.17) is 5.21 Å². The van der Waals surface area contributed by atoms with Gasteiger partial charge < -0.3 is 4.90 Å². The van der Waals surface area contributed by atoms with Crippen LogP contribution in [-0.4, -0.2) is 34.5 Å². The van der Waals surface area contributed by atoms with E-state index < -0.39 is 11.9 Å². The molecule has 2 rings (SSSR count). The summed E-state index contributed by atoms with van der Waals surface area (Å²) in [6.45, 7) is 4.26. The number of nitrogens with one attached hydrogen (secondary N) is 1. The predicted molar refractivity (Wildman–Crippen MR) is 78.7 cm³/mol. The van der Waals surface area contributed by atoms with Gasteiger partial charge in [-0.1, -0.05) is 29.8 Å². The maximum Gasteiger partial charge on any atom is 0.265 e. The Balaban J connectivity index is 1.90. The highest BCUT2D eigenvalue weighted by molar-refractivity contribution is 5.88. The van der Waals surface area contributed by atoms with Crippen molar-refractivity contribution >= 4 is 11.8 Å². The summed E-state index contributed by atoms with van der Waals surface area (Å²) in [5, 5.41) is 8.65. The van der Waals surface area contributed by atoms with Gasteiger partial charge >= 0.3 is 0 Å². The van der Waals surface area contributed by atoms with E-state index in [0.29, 0.717) is 6.54 Å². The summed E-state index contributed by atoms with van der Waals surface area (Å²) in [7, 11) is 0. The van der Waals surface area contributed by atoms with E-state index >= 15 is 0 Å². The highest BCUT2D eigenvalue weighted by atomic mass is 16.5. The third kappa shape index (κ3) is 3.61. The van der Waals surface area contributed by atoms with Crippen LogP contribution >= 0.6 is 0 Å². The highest BCUT2D eigenvalue weighted by Gasteiger charge is 2.36. The van der Waals surface area contributed by atoms with Crippen molar-refractivity contribution in [1.82, 2.24) is 10.4 Å². The first-order chi connectivity index (χ1) is 10.0. The first-order valence-corrected chi connectivity index (χ1v) is 7.33. The zero-order valence-electron chi connectivity index (χ0n) is 12.5. The molecule has 1 aromatic rings. The molecule has 2 atom stereocenters. The number of amides is 2. The molecule has 21 heavy (non-hydrogen) atoms. The smallest absolute Gasteiger partial charge is 0.265 e. The molecule has 2 N–H and O–H groups in total. The number of carbonyl (C=O) groups excluding carboxylic acids is 2. The molecule has 0 aromatic heterocycles. The zero-order chi connectivity index (χ0) is 15.4. The summed E-state index contributed by atoms with van der Waals surface area (Å²) in [6.07, 6.45) is 2.44. The molecule has 5 heteroatoms. The summed E-state index contributed by atoms with van der Waals surface area (Å²) < 4.78 is 0. The first kappa shape index (κ1) is 15.5. The Labute approximate surface area is 124 Å². The third-order valence-corrected chi connectivity index (χ3v) is 4.21. The van der Waals surface area contributed by atoms with E-state index in [1.807, 2.05) is 0 Å². The molecule has 0 bridgehead atoms. The summed E-state index contributed by atoms with van der Waals surface area (Å²) in [5.74, 6) is -0.555. The normalized spacial score (nSPS) is 19.7. The Bertz CT molecular complexity index is 513. The van der Waals surface area contributed by atoms with Gasteiger partial charge in [0.15, 0.2) is 0 Å². The molecule has 1 aliphatic rings. The van der Waals surface area contributed by atoms with Crippen LogP contribution in [0.3, 0.4) is 0 Å². The number of likely N-dealkylation sites (tertiary alicyclic amines) is 1. The van der Waals surface area contributed by atoms with Crippen molar-refractivity contribution in [2.24, 2.45) is 5.92 Å². The molecular formula is C16H22N2O3. The second-order valence-electron chi connectivity index (χ2n) is 5.69. The number of hydrogen-bond donors (Lipinski definition) is 2. The molecule has 5 nitrogen and oxygen atoms in total. The maximum atomic E-state index is 12.3. The van der Waals surface area contributed by atoms with Crippen LogP contribution in [-0.2, 0) is 16.0 Å². The van der Waals surface area contributed by atoms with E-state index in [1.54, 1.807) is 17.3 Å². The molecule has 2 amide bonds. The van der Waals surface area contributed by atoms with Crippen molar-refractivity contribution in [2.75, 3.05) is 6.54 Å². The average Bonchev–Trinajstić information content (AvgIpc) is 2.86. The van der Waals surface area contributed by atoms with Gasteiger partial charge in [-0.25, -0.2) is 5.48 Å². The Morgan fingerprint density at radius 3 is 2.71 bits per heavy atom. The number of benzene rings is 1. The zero-order valence-corrected chi connectivity index (χ0v) is 12.5. The van der Waals surface area contributed by atoms with Crippen LogP contribution < -0.4 is 5.48 Å². The third-order valence-electron chi connectivity index (χ3n) is 4.21. The van der Waals surface area contributed by atoms with E-state index in [2.05, 4.69) is 31.2 Å². The van der Waals surface area contributed by atoms with Gasteiger partial charge in [-0.3, -0.25) is 14.8 Å². The van der Waals surface area contributed by atoms with Gasteiger partial charge in [-0.15, -0.1) is 0 Å². The van der Waals surface area contributed by atoms with Crippen molar-refractivity contribution in [3.05, 3.63) is 35.4 Å². The largest absolute Gasteiger partial charge is 0.331 e. The van der Waals surface area contributed by atoms with E-state index in [9.17, 15) is 9.59 Å². The lowest BCUT2D eigenvalue weighted by Crippen LogP contribution is -2.45. The number of rotatable bonds is 5.